The monoisotopic (exact) mass is 703 g/mol. The fourth-order valence-corrected chi connectivity index (χ4v) is 4.40. The third-order valence-corrected chi connectivity index (χ3v) is 6.06. The van der Waals surface area contributed by atoms with Crippen molar-refractivity contribution in [3.05, 3.63) is 0 Å². The summed E-state index contributed by atoms with van der Waals surface area (Å²) in [6.07, 6.45) is -0.378. The Morgan fingerprint density at radius 3 is 1.37 bits per heavy atom. The van der Waals surface area contributed by atoms with Gasteiger partial charge in [0.25, 0.3) is 0 Å². The minimum Gasteiger partial charge on any atom is -0.459 e. The second-order valence-corrected chi connectivity index (χ2v) is 15.9. The van der Waals surface area contributed by atoms with Gasteiger partial charge in [-0.2, -0.15) is 0 Å². The van der Waals surface area contributed by atoms with Gasteiger partial charge in [0.05, 0.1) is 39.3 Å². The third kappa shape index (κ3) is 25.7. The zero-order valence-corrected chi connectivity index (χ0v) is 32.1. The lowest BCUT2D eigenvalue weighted by Gasteiger charge is -2.34. The van der Waals surface area contributed by atoms with E-state index in [1.807, 2.05) is 4.90 Å². The molecule has 1 atom stereocenters. The molecule has 49 heavy (non-hydrogen) atoms. The van der Waals surface area contributed by atoms with Gasteiger partial charge in [-0.1, -0.05) is 0 Å². The molecule has 15 heteroatoms. The maximum atomic E-state index is 13.3. The van der Waals surface area contributed by atoms with Gasteiger partial charge in [0.2, 0.25) is 5.91 Å². The van der Waals surface area contributed by atoms with Crippen molar-refractivity contribution in [2.24, 2.45) is 11.5 Å². The van der Waals surface area contributed by atoms with Crippen molar-refractivity contribution >= 4 is 29.8 Å². The highest BCUT2D eigenvalue weighted by atomic mass is 16.6. The van der Waals surface area contributed by atoms with Crippen LogP contribution in [0.1, 0.15) is 89.5 Å². The summed E-state index contributed by atoms with van der Waals surface area (Å²) in [7, 11) is 0. The van der Waals surface area contributed by atoms with Crippen LogP contribution in [0, 0.1) is 0 Å². The molecule has 1 unspecified atom stereocenters. The molecule has 4 N–H and O–H groups in total. The number of carbonyl (C=O) groups excluding carboxylic acids is 5. The maximum Gasteiger partial charge on any atom is 0.324 e. The molecule has 0 rings (SSSR count). The highest BCUT2D eigenvalue weighted by Gasteiger charge is 2.34. The molecule has 0 spiro atoms. The first kappa shape index (κ1) is 46.1. The molecule has 0 saturated carbocycles. The third-order valence-electron chi connectivity index (χ3n) is 6.06. The second kappa shape index (κ2) is 20.7. The van der Waals surface area contributed by atoms with E-state index in [4.69, 9.17) is 35.2 Å². The quantitative estimate of drug-likeness (QED) is 0.0992. The number of amides is 1. The molecule has 0 aliphatic heterocycles. The van der Waals surface area contributed by atoms with Crippen LogP contribution >= 0.6 is 0 Å². The summed E-state index contributed by atoms with van der Waals surface area (Å²) in [5, 5.41) is 0. The summed E-state index contributed by atoms with van der Waals surface area (Å²) < 4.78 is 27.8. The molecular formula is C34H65N5O10. The van der Waals surface area contributed by atoms with Gasteiger partial charge in [0, 0.05) is 39.3 Å². The van der Waals surface area contributed by atoms with Crippen molar-refractivity contribution in [2.45, 2.75) is 118 Å². The van der Waals surface area contributed by atoms with Gasteiger partial charge < -0.3 is 35.2 Å². The molecule has 0 aromatic rings. The van der Waals surface area contributed by atoms with E-state index in [0.29, 0.717) is 39.4 Å². The summed E-state index contributed by atoms with van der Waals surface area (Å²) in [6, 6.07) is -1.16. The molecule has 0 saturated heterocycles. The Morgan fingerprint density at radius 1 is 0.551 bits per heavy atom. The molecule has 1 amide bonds. The van der Waals surface area contributed by atoms with Crippen LogP contribution in [0.25, 0.3) is 0 Å². The highest BCUT2D eigenvalue weighted by Crippen LogP contribution is 2.16. The Morgan fingerprint density at radius 2 is 0.959 bits per heavy atom. The average molecular weight is 704 g/mol. The smallest absolute Gasteiger partial charge is 0.324 e. The van der Waals surface area contributed by atoms with Crippen LogP contribution in [0.4, 0.5) is 0 Å². The Balaban J connectivity index is 6.29. The van der Waals surface area contributed by atoms with Gasteiger partial charge >= 0.3 is 23.9 Å². The van der Waals surface area contributed by atoms with Gasteiger partial charge in [0.1, 0.15) is 28.4 Å². The normalized spacial score (nSPS) is 13.4. The number of nitrogens with two attached hydrogens (primary N) is 2. The van der Waals surface area contributed by atoms with Gasteiger partial charge in [-0.15, -0.1) is 0 Å². The first-order chi connectivity index (χ1) is 22.2. The van der Waals surface area contributed by atoms with Crippen LogP contribution in [-0.2, 0) is 47.7 Å². The minimum atomic E-state index is -1.16. The summed E-state index contributed by atoms with van der Waals surface area (Å²) in [5.74, 6) is -3.02. The standard InChI is InChI=1S/C34H65N5O10/c1-31(2,3)46-27(41)22-38(23-28(42)47-32(4,5)6)15-14-37(18-20-45-19-13-35)16-17-39(24-29(43)48-33(7,8)9)25(21-26(36)40)30(44)49-34(10,11)12/h25H,13-24,35H2,1-12H3,(H2,36,40). The topological polar surface area (TPSA) is 193 Å². The molecule has 0 radical (unpaired) electrons. The van der Waals surface area contributed by atoms with E-state index >= 15 is 0 Å². The van der Waals surface area contributed by atoms with E-state index in [1.165, 1.54) is 4.90 Å². The highest BCUT2D eigenvalue weighted by molar-refractivity contribution is 5.85. The maximum absolute atomic E-state index is 13.3. The molecule has 15 nitrogen and oxygen atoms in total. The molecule has 0 heterocycles. The Hall–Kier alpha value is -2.85. The predicted octanol–water partition coefficient (Wildman–Crippen LogP) is 1.48. The van der Waals surface area contributed by atoms with Crippen molar-refractivity contribution in [1.82, 2.24) is 14.7 Å². The molecule has 286 valence electrons. The molecule has 0 fully saturated rings. The van der Waals surface area contributed by atoms with Crippen molar-refractivity contribution < 1.29 is 47.7 Å². The van der Waals surface area contributed by atoms with E-state index in [1.54, 1.807) is 88.0 Å². The summed E-state index contributed by atoms with van der Waals surface area (Å²) in [6.45, 7) is 22.7. The Kier molecular flexibility index (Phi) is 19.5. The number of hydrogen-bond acceptors (Lipinski definition) is 14. The molecule has 0 aliphatic rings. The van der Waals surface area contributed by atoms with Crippen LogP contribution in [0.3, 0.4) is 0 Å². The number of primary amides is 1. The van der Waals surface area contributed by atoms with Crippen LogP contribution in [0.5, 0.6) is 0 Å². The fourth-order valence-electron chi connectivity index (χ4n) is 4.40. The Bertz CT molecular complexity index is 1030. The first-order valence-corrected chi connectivity index (χ1v) is 16.8. The van der Waals surface area contributed by atoms with E-state index in [2.05, 4.69) is 0 Å². The largest absolute Gasteiger partial charge is 0.459 e. The van der Waals surface area contributed by atoms with Crippen LogP contribution in [0.2, 0.25) is 0 Å². The fraction of sp³-hybridized carbons (Fsp3) is 0.853. The molecule has 0 bridgehead atoms. The molecule has 0 aromatic heterocycles. The zero-order valence-electron chi connectivity index (χ0n) is 32.1. The van der Waals surface area contributed by atoms with E-state index in [9.17, 15) is 24.0 Å². The predicted molar refractivity (Wildman–Crippen MR) is 185 cm³/mol. The SMILES string of the molecule is CC(C)(C)OC(=O)CN(CCN(CCOCCN)CCN(CC(=O)OC(C)(C)C)C(CC(N)=O)C(=O)OC(C)(C)C)CC(=O)OC(C)(C)C. The number of hydrogen-bond donors (Lipinski definition) is 2. The average Bonchev–Trinajstić information content (AvgIpc) is 2.85. The number of esters is 4. The van der Waals surface area contributed by atoms with Gasteiger partial charge in [-0.05, 0) is 83.1 Å². The lowest BCUT2D eigenvalue weighted by molar-refractivity contribution is -0.166. The second-order valence-electron chi connectivity index (χ2n) is 15.9. The van der Waals surface area contributed by atoms with E-state index in [-0.39, 0.29) is 39.1 Å². The summed E-state index contributed by atoms with van der Waals surface area (Å²) in [5.41, 5.74) is 8.06. The van der Waals surface area contributed by atoms with Crippen molar-refractivity contribution in [1.29, 1.82) is 0 Å². The zero-order chi connectivity index (χ0) is 38.2. The van der Waals surface area contributed by atoms with Gasteiger partial charge in [-0.25, -0.2) is 0 Å². The number of rotatable bonds is 21. The molecule has 0 aliphatic carbocycles. The van der Waals surface area contributed by atoms with Gasteiger partial charge in [-0.3, -0.25) is 38.7 Å². The molecule has 0 aromatic carbocycles. The minimum absolute atomic E-state index is 0.130. The summed E-state index contributed by atoms with van der Waals surface area (Å²) >= 11 is 0. The summed E-state index contributed by atoms with van der Waals surface area (Å²) in [4.78, 5) is 69.2. The lowest BCUT2D eigenvalue weighted by Crippen LogP contribution is -2.52. The first-order valence-electron chi connectivity index (χ1n) is 16.8. The Labute approximate surface area is 293 Å². The van der Waals surface area contributed by atoms with E-state index in [0.717, 1.165) is 0 Å². The van der Waals surface area contributed by atoms with Crippen molar-refractivity contribution in [3.63, 3.8) is 0 Å². The van der Waals surface area contributed by atoms with Crippen LogP contribution in [-0.4, -0.2) is 145 Å². The van der Waals surface area contributed by atoms with Crippen molar-refractivity contribution in [2.75, 3.05) is 72.1 Å². The van der Waals surface area contributed by atoms with Crippen LogP contribution in [0.15, 0.2) is 0 Å². The van der Waals surface area contributed by atoms with E-state index < -0.39 is 58.2 Å². The number of ether oxygens (including phenoxy) is 5. The van der Waals surface area contributed by atoms with Crippen molar-refractivity contribution in [3.8, 4) is 0 Å². The molecular weight excluding hydrogens is 638 g/mol. The lowest BCUT2D eigenvalue weighted by atomic mass is 10.1. The number of nitrogens with zero attached hydrogens (tertiary/aromatic N) is 3. The van der Waals surface area contributed by atoms with Gasteiger partial charge in [0.15, 0.2) is 0 Å². The van der Waals surface area contributed by atoms with Crippen LogP contribution < -0.4 is 11.5 Å². The number of carbonyl (C=O) groups is 5.